The average Bonchev–Trinajstić information content (AvgIpc) is 2.75. The zero-order valence-corrected chi connectivity index (χ0v) is 10.7. The predicted molar refractivity (Wildman–Crippen MR) is 71.0 cm³/mol. The Bertz CT molecular complexity index is 486. The van der Waals surface area contributed by atoms with Gasteiger partial charge in [-0.05, 0) is 32.1 Å². The molecule has 0 saturated carbocycles. The third-order valence-electron chi connectivity index (χ3n) is 2.87. The monoisotopic (exact) mass is 229 g/mol. The quantitative estimate of drug-likeness (QED) is 0.803. The van der Waals surface area contributed by atoms with E-state index in [-0.39, 0.29) is 0 Å². The van der Waals surface area contributed by atoms with E-state index in [2.05, 4.69) is 61.5 Å². The molecule has 3 nitrogen and oxygen atoms in total. The van der Waals surface area contributed by atoms with Crippen LogP contribution in [0.1, 0.15) is 5.56 Å². The minimum absolute atomic E-state index is 0.929. The van der Waals surface area contributed by atoms with Gasteiger partial charge in [-0.2, -0.15) is 5.10 Å². The summed E-state index contributed by atoms with van der Waals surface area (Å²) in [6, 6.07) is 8.41. The Morgan fingerprint density at radius 2 is 2.00 bits per heavy atom. The minimum Gasteiger partial charge on any atom is -0.308 e. The highest BCUT2D eigenvalue weighted by Gasteiger charge is 2.04. The molecule has 0 amide bonds. The van der Waals surface area contributed by atoms with Crippen molar-refractivity contribution in [3.8, 4) is 11.1 Å². The van der Waals surface area contributed by atoms with E-state index in [0.29, 0.717) is 0 Å². The number of aromatic nitrogens is 2. The van der Waals surface area contributed by atoms with E-state index in [4.69, 9.17) is 0 Å². The smallest absolute Gasteiger partial charge is 0.0568 e. The van der Waals surface area contributed by atoms with E-state index in [9.17, 15) is 0 Å². The van der Waals surface area contributed by atoms with Crippen LogP contribution >= 0.6 is 0 Å². The number of likely N-dealkylation sites (N-methyl/N-ethyl adjacent to an activating group) is 1. The lowest BCUT2D eigenvalue weighted by Gasteiger charge is -2.08. The van der Waals surface area contributed by atoms with Gasteiger partial charge >= 0.3 is 0 Å². The van der Waals surface area contributed by atoms with Crippen molar-refractivity contribution in [3.63, 3.8) is 0 Å². The number of nitrogens with zero attached hydrogens (tertiary/aromatic N) is 3. The summed E-state index contributed by atoms with van der Waals surface area (Å²) in [5, 5.41) is 4.40. The zero-order valence-electron chi connectivity index (χ0n) is 10.7. The summed E-state index contributed by atoms with van der Waals surface area (Å²) >= 11 is 0. The Hall–Kier alpha value is -1.61. The summed E-state index contributed by atoms with van der Waals surface area (Å²) < 4.78 is 2.00. The van der Waals surface area contributed by atoms with Crippen LogP contribution in [0.5, 0.6) is 0 Å². The van der Waals surface area contributed by atoms with Crippen LogP contribution in [0.2, 0.25) is 0 Å². The molecule has 0 saturated heterocycles. The molecule has 2 aromatic rings. The van der Waals surface area contributed by atoms with Crippen molar-refractivity contribution >= 4 is 0 Å². The first-order valence-electron chi connectivity index (χ1n) is 5.90. The van der Waals surface area contributed by atoms with E-state index < -0.39 is 0 Å². The third kappa shape index (κ3) is 2.94. The van der Waals surface area contributed by atoms with E-state index in [0.717, 1.165) is 13.1 Å². The number of hydrogen-bond acceptors (Lipinski definition) is 2. The maximum Gasteiger partial charge on any atom is 0.0568 e. The molecular formula is C14H19N3. The fourth-order valence-electron chi connectivity index (χ4n) is 1.82. The van der Waals surface area contributed by atoms with Gasteiger partial charge < -0.3 is 4.90 Å². The van der Waals surface area contributed by atoms with Crippen LogP contribution in [0.25, 0.3) is 11.1 Å². The molecule has 90 valence electrons. The van der Waals surface area contributed by atoms with Gasteiger partial charge in [0.05, 0.1) is 12.7 Å². The standard InChI is InChI=1S/C14H19N3/c1-12-6-4-5-7-14(12)13-10-15-17(11-13)9-8-16(2)3/h4-7,10-11H,8-9H2,1-3H3. The first-order valence-corrected chi connectivity index (χ1v) is 5.90. The second kappa shape index (κ2) is 5.15. The molecule has 0 unspecified atom stereocenters. The lowest BCUT2D eigenvalue weighted by atomic mass is 10.0. The largest absolute Gasteiger partial charge is 0.308 e. The van der Waals surface area contributed by atoms with Crippen molar-refractivity contribution in [2.75, 3.05) is 20.6 Å². The van der Waals surface area contributed by atoms with E-state index in [1.54, 1.807) is 0 Å². The van der Waals surface area contributed by atoms with Crippen LogP contribution in [0, 0.1) is 6.92 Å². The number of aryl methyl sites for hydroxylation is 1. The Morgan fingerprint density at radius 1 is 1.24 bits per heavy atom. The second-order valence-electron chi connectivity index (χ2n) is 4.61. The number of hydrogen-bond donors (Lipinski definition) is 0. The molecule has 1 heterocycles. The third-order valence-corrected chi connectivity index (χ3v) is 2.87. The SMILES string of the molecule is Cc1ccccc1-c1cnn(CCN(C)C)c1. The zero-order chi connectivity index (χ0) is 12.3. The molecule has 1 aromatic carbocycles. The summed E-state index contributed by atoms with van der Waals surface area (Å²) in [6.45, 7) is 4.07. The molecule has 0 N–H and O–H groups in total. The summed E-state index contributed by atoms with van der Waals surface area (Å²) in [5.74, 6) is 0. The molecule has 2 rings (SSSR count). The van der Waals surface area contributed by atoms with Gasteiger partial charge in [-0.3, -0.25) is 4.68 Å². The predicted octanol–water partition coefficient (Wildman–Crippen LogP) is 2.42. The Balaban J connectivity index is 2.16. The summed E-state index contributed by atoms with van der Waals surface area (Å²) in [4.78, 5) is 2.16. The highest BCUT2D eigenvalue weighted by molar-refractivity contribution is 5.65. The van der Waals surface area contributed by atoms with Crippen molar-refractivity contribution in [1.82, 2.24) is 14.7 Å². The van der Waals surface area contributed by atoms with Gasteiger partial charge in [0.25, 0.3) is 0 Å². The van der Waals surface area contributed by atoms with Crippen LogP contribution < -0.4 is 0 Å². The van der Waals surface area contributed by atoms with E-state index in [1.165, 1.54) is 16.7 Å². The van der Waals surface area contributed by atoms with Gasteiger partial charge in [-0.1, -0.05) is 24.3 Å². The minimum atomic E-state index is 0.929. The lowest BCUT2D eigenvalue weighted by molar-refractivity contribution is 0.373. The topological polar surface area (TPSA) is 21.1 Å². The normalized spacial score (nSPS) is 11.1. The van der Waals surface area contributed by atoms with Gasteiger partial charge in [0.2, 0.25) is 0 Å². The van der Waals surface area contributed by atoms with Gasteiger partial charge in [0.15, 0.2) is 0 Å². The van der Waals surface area contributed by atoms with Gasteiger partial charge in [-0.15, -0.1) is 0 Å². The molecule has 1 aromatic heterocycles. The molecule has 3 heteroatoms. The lowest BCUT2D eigenvalue weighted by Crippen LogP contribution is -2.18. The van der Waals surface area contributed by atoms with Crippen LogP contribution in [0.4, 0.5) is 0 Å². The summed E-state index contributed by atoms with van der Waals surface area (Å²) in [5.41, 5.74) is 3.75. The molecule has 0 aliphatic heterocycles. The highest BCUT2D eigenvalue weighted by atomic mass is 15.3. The maximum atomic E-state index is 4.40. The Morgan fingerprint density at radius 3 is 2.71 bits per heavy atom. The number of rotatable bonds is 4. The molecule has 0 radical (unpaired) electrons. The average molecular weight is 229 g/mol. The molecule has 0 aliphatic carbocycles. The van der Waals surface area contributed by atoms with Crippen LogP contribution in [0.3, 0.4) is 0 Å². The molecule has 0 atom stereocenters. The van der Waals surface area contributed by atoms with Crippen LogP contribution in [-0.2, 0) is 6.54 Å². The Labute approximate surface area is 103 Å². The first-order chi connectivity index (χ1) is 8.16. The molecular weight excluding hydrogens is 210 g/mol. The maximum absolute atomic E-state index is 4.40. The van der Waals surface area contributed by atoms with Gasteiger partial charge in [0, 0.05) is 18.3 Å². The highest BCUT2D eigenvalue weighted by Crippen LogP contribution is 2.21. The summed E-state index contributed by atoms with van der Waals surface area (Å²) in [6.07, 6.45) is 4.06. The van der Waals surface area contributed by atoms with Crippen LogP contribution in [0.15, 0.2) is 36.7 Å². The van der Waals surface area contributed by atoms with Gasteiger partial charge in [-0.25, -0.2) is 0 Å². The fraction of sp³-hybridized carbons (Fsp3) is 0.357. The molecule has 0 spiro atoms. The van der Waals surface area contributed by atoms with Crippen molar-refractivity contribution in [2.45, 2.75) is 13.5 Å². The Kier molecular flexibility index (Phi) is 3.59. The molecule has 0 bridgehead atoms. The number of benzene rings is 1. The van der Waals surface area contributed by atoms with E-state index in [1.807, 2.05) is 10.9 Å². The molecule has 0 aliphatic rings. The molecule has 0 fully saturated rings. The summed E-state index contributed by atoms with van der Waals surface area (Å²) in [7, 11) is 4.15. The van der Waals surface area contributed by atoms with Crippen molar-refractivity contribution in [2.24, 2.45) is 0 Å². The van der Waals surface area contributed by atoms with Crippen molar-refractivity contribution in [3.05, 3.63) is 42.2 Å². The first kappa shape index (κ1) is 11.9. The molecule has 17 heavy (non-hydrogen) atoms. The fourth-order valence-corrected chi connectivity index (χ4v) is 1.82. The van der Waals surface area contributed by atoms with E-state index >= 15 is 0 Å². The second-order valence-corrected chi connectivity index (χ2v) is 4.61. The van der Waals surface area contributed by atoms with Crippen molar-refractivity contribution in [1.29, 1.82) is 0 Å². The van der Waals surface area contributed by atoms with Crippen molar-refractivity contribution < 1.29 is 0 Å². The van der Waals surface area contributed by atoms with Crippen LogP contribution in [-0.4, -0.2) is 35.3 Å². The van der Waals surface area contributed by atoms with Gasteiger partial charge in [0.1, 0.15) is 0 Å².